The van der Waals surface area contributed by atoms with Gasteiger partial charge < -0.3 is 4.90 Å². The fourth-order valence-corrected chi connectivity index (χ4v) is 8.91. The van der Waals surface area contributed by atoms with Crippen LogP contribution in [0, 0.1) is 0 Å². The second-order valence-corrected chi connectivity index (χ2v) is 15.3. The van der Waals surface area contributed by atoms with Crippen LogP contribution in [0.15, 0.2) is 212 Å². The molecule has 0 atom stereocenters. The van der Waals surface area contributed by atoms with Crippen LogP contribution in [0.2, 0.25) is 0 Å². The Bertz CT molecular complexity index is 2840. The summed E-state index contributed by atoms with van der Waals surface area (Å²) in [5, 5.41) is 2.53. The van der Waals surface area contributed by atoms with Crippen molar-refractivity contribution < 1.29 is 0 Å². The molecule has 0 spiro atoms. The van der Waals surface area contributed by atoms with Crippen LogP contribution in [0.1, 0.15) is 25.0 Å². The van der Waals surface area contributed by atoms with Gasteiger partial charge >= 0.3 is 0 Å². The molecule has 56 heavy (non-hydrogen) atoms. The molecule has 9 aromatic rings. The summed E-state index contributed by atoms with van der Waals surface area (Å²) >= 11 is 0. The zero-order valence-electron chi connectivity index (χ0n) is 31.7. The Morgan fingerprint density at radius 2 is 0.786 bits per heavy atom. The summed E-state index contributed by atoms with van der Waals surface area (Å²) in [4.78, 5) is 2.37. The molecule has 1 nitrogen and oxygen atoms in total. The molecule has 0 unspecified atom stereocenters. The smallest absolute Gasteiger partial charge is 0.0462 e. The molecule has 0 fully saturated rings. The van der Waals surface area contributed by atoms with Crippen molar-refractivity contribution in [3.8, 4) is 55.6 Å². The van der Waals surface area contributed by atoms with Crippen LogP contribution in [0.5, 0.6) is 0 Å². The van der Waals surface area contributed by atoms with Crippen molar-refractivity contribution in [3.05, 3.63) is 223 Å². The molecule has 0 aliphatic heterocycles. The Labute approximate surface area is 329 Å². The van der Waals surface area contributed by atoms with Crippen molar-refractivity contribution in [2.45, 2.75) is 19.3 Å². The normalized spacial score (nSPS) is 12.6. The molecular formula is C55H41N. The van der Waals surface area contributed by atoms with E-state index in [1.807, 2.05) is 0 Å². The maximum absolute atomic E-state index is 2.37. The maximum Gasteiger partial charge on any atom is 0.0462 e. The van der Waals surface area contributed by atoms with Crippen molar-refractivity contribution in [1.29, 1.82) is 0 Å². The van der Waals surface area contributed by atoms with Crippen molar-refractivity contribution in [1.82, 2.24) is 0 Å². The van der Waals surface area contributed by atoms with Gasteiger partial charge in [0.15, 0.2) is 0 Å². The predicted molar refractivity (Wildman–Crippen MR) is 238 cm³/mol. The molecule has 0 aromatic heterocycles. The third-order valence-corrected chi connectivity index (χ3v) is 11.7. The zero-order valence-corrected chi connectivity index (χ0v) is 31.7. The van der Waals surface area contributed by atoms with Crippen LogP contribution < -0.4 is 4.90 Å². The second kappa shape index (κ2) is 13.7. The van der Waals surface area contributed by atoms with Crippen LogP contribution in [0.4, 0.5) is 17.1 Å². The van der Waals surface area contributed by atoms with Crippen molar-refractivity contribution >= 4 is 27.8 Å². The van der Waals surface area contributed by atoms with Crippen LogP contribution in [-0.4, -0.2) is 0 Å². The van der Waals surface area contributed by atoms with Gasteiger partial charge in [-0.05, 0) is 120 Å². The highest BCUT2D eigenvalue weighted by Crippen LogP contribution is 2.52. The molecule has 0 N–H and O–H groups in total. The van der Waals surface area contributed by atoms with E-state index in [0.29, 0.717) is 0 Å². The van der Waals surface area contributed by atoms with E-state index in [0.717, 1.165) is 17.1 Å². The van der Waals surface area contributed by atoms with E-state index in [1.54, 1.807) is 0 Å². The van der Waals surface area contributed by atoms with E-state index in [2.05, 4.69) is 231 Å². The van der Waals surface area contributed by atoms with Crippen molar-refractivity contribution in [2.24, 2.45) is 0 Å². The van der Waals surface area contributed by atoms with Crippen LogP contribution in [0.25, 0.3) is 66.4 Å². The van der Waals surface area contributed by atoms with Gasteiger partial charge in [0, 0.05) is 22.5 Å². The number of hydrogen-bond acceptors (Lipinski definition) is 1. The Kier molecular flexibility index (Phi) is 8.23. The molecule has 266 valence electrons. The second-order valence-electron chi connectivity index (χ2n) is 15.3. The first-order valence-corrected chi connectivity index (χ1v) is 19.5. The van der Waals surface area contributed by atoms with Crippen LogP contribution >= 0.6 is 0 Å². The Hall–Kier alpha value is -6.96. The van der Waals surface area contributed by atoms with Gasteiger partial charge in [-0.3, -0.25) is 0 Å². The SMILES string of the molecule is CC1(C)c2ccccc2-c2cccc(-c3ccc(N(c4ccc(-c5ccccc5)cc4)c4ccc(-c5cccc(-c6cccc7ccccc67)c5)cc4)cc3)c21. The number of rotatable bonds is 7. The van der Waals surface area contributed by atoms with Gasteiger partial charge in [0.05, 0.1) is 0 Å². The first-order chi connectivity index (χ1) is 27.5. The van der Waals surface area contributed by atoms with Crippen LogP contribution in [0.3, 0.4) is 0 Å². The van der Waals surface area contributed by atoms with Crippen LogP contribution in [-0.2, 0) is 5.41 Å². The van der Waals surface area contributed by atoms with Crippen molar-refractivity contribution in [3.63, 3.8) is 0 Å². The lowest BCUT2D eigenvalue weighted by molar-refractivity contribution is 0.662. The average Bonchev–Trinajstić information content (AvgIpc) is 3.50. The van der Waals surface area contributed by atoms with Crippen molar-refractivity contribution in [2.75, 3.05) is 4.90 Å². The van der Waals surface area contributed by atoms with E-state index >= 15 is 0 Å². The minimum absolute atomic E-state index is 0.0795. The topological polar surface area (TPSA) is 3.24 Å². The molecule has 0 amide bonds. The summed E-state index contributed by atoms with van der Waals surface area (Å²) < 4.78 is 0. The van der Waals surface area contributed by atoms with Gasteiger partial charge in [-0.15, -0.1) is 0 Å². The fraction of sp³-hybridized carbons (Fsp3) is 0.0545. The largest absolute Gasteiger partial charge is 0.311 e. The standard InChI is InChI=1S/C55H41N/c1-55(2)53-24-9-8-20-51(53)52-23-12-22-50(54(52)55)42-29-35-47(36-30-42)56(45-31-25-39(26-32-45)38-13-4-3-5-14-38)46-33-27-40(28-34-46)43-17-10-18-44(37-43)49-21-11-16-41-15-6-7-19-48(41)49/h3-37H,1-2H3. The molecule has 0 radical (unpaired) electrons. The minimum atomic E-state index is -0.0795. The molecule has 0 saturated carbocycles. The third-order valence-electron chi connectivity index (χ3n) is 11.7. The minimum Gasteiger partial charge on any atom is -0.311 e. The maximum atomic E-state index is 2.37. The summed E-state index contributed by atoms with van der Waals surface area (Å²) in [5.74, 6) is 0. The molecule has 9 aromatic carbocycles. The van der Waals surface area contributed by atoms with Gasteiger partial charge in [-0.25, -0.2) is 0 Å². The van der Waals surface area contributed by atoms with E-state index in [9.17, 15) is 0 Å². The lowest BCUT2D eigenvalue weighted by atomic mass is 9.79. The first kappa shape index (κ1) is 33.6. The molecule has 0 saturated heterocycles. The number of anilines is 3. The Balaban J connectivity index is 1.02. The summed E-state index contributed by atoms with van der Waals surface area (Å²) in [6.07, 6.45) is 0. The quantitative estimate of drug-likeness (QED) is 0.159. The monoisotopic (exact) mass is 715 g/mol. The van der Waals surface area contributed by atoms with Gasteiger partial charge in [0.2, 0.25) is 0 Å². The molecule has 1 aliphatic carbocycles. The van der Waals surface area contributed by atoms with Gasteiger partial charge in [0.25, 0.3) is 0 Å². The van der Waals surface area contributed by atoms with Gasteiger partial charge in [0.1, 0.15) is 0 Å². The molecule has 0 bridgehead atoms. The summed E-state index contributed by atoms with van der Waals surface area (Å²) in [6.45, 7) is 4.72. The van der Waals surface area contributed by atoms with E-state index in [4.69, 9.17) is 0 Å². The predicted octanol–water partition coefficient (Wildman–Crippen LogP) is 15.3. The summed E-state index contributed by atoms with van der Waals surface area (Å²) in [5.41, 5.74) is 18.5. The zero-order chi connectivity index (χ0) is 37.6. The number of benzene rings is 9. The Morgan fingerprint density at radius 3 is 1.52 bits per heavy atom. The molecule has 0 heterocycles. The van der Waals surface area contributed by atoms with E-state index < -0.39 is 0 Å². The number of nitrogens with zero attached hydrogens (tertiary/aromatic N) is 1. The summed E-state index contributed by atoms with van der Waals surface area (Å²) in [6, 6.07) is 77.4. The lowest BCUT2D eigenvalue weighted by Crippen LogP contribution is -2.16. The molecule has 1 aliphatic rings. The fourth-order valence-electron chi connectivity index (χ4n) is 8.91. The first-order valence-electron chi connectivity index (χ1n) is 19.5. The van der Waals surface area contributed by atoms with E-state index in [-0.39, 0.29) is 5.41 Å². The highest BCUT2D eigenvalue weighted by molar-refractivity contribution is 5.97. The third kappa shape index (κ3) is 5.81. The highest BCUT2D eigenvalue weighted by Gasteiger charge is 2.37. The highest BCUT2D eigenvalue weighted by atomic mass is 15.1. The van der Waals surface area contributed by atoms with Gasteiger partial charge in [-0.2, -0.15) is 0 Å². The molecule has 10 rings (SSSR count). The number of fused-ring (bicyclic) bond motifs is 4. The summed E-state index contributed by atoms with van der Waals surface area (Å²) in [7, 11) is 0. The molecular weight excluding hydrogens is 675 g/mol. The van der Waals surface area contributed by atoms with Gasteiger partial charge in [-0.1, -0.05) is 184 Å². The molecule has 1 heteroatoms. The Morgan fingerprint density at radius 1 is 0.321 bits per heavy atom. The average molecular weight is 716 g/mol. The van der Waals surface area contributed by atoms with E-state index in [1.165, 1.54) is 77.5 Å². The number of hydrogen-bond donors (Lipinski definition) is 0. The lowest BCUT2D eigenvalue weighted by Gasteiger charge is -2.27.